The van der Waals surface area contributed by atoms with Crippen LogP contribution in [-0.2, 0) is 0 Å². The van der Waals surface area contributed by atoms with Crippen LogP contribution in [0.3, 0.4) is 0 Å². The van der Waals surface area contributed by atoms with Gasteiger partial charge in [-0.1, -0.05) is 13.0 Å². The van der Waals surface area contributed by atoms with Gasteiger partial charge in [-0.3, -0.25) is 0 Å². The second kappa shape index (κ2) is 6.26. The van der Waals surface area contributed by atoms with Crippen molar-refractivity contribution in [2.75, 3.05) is 26.8 Å². The molecule has 0 fully saturated rings. The fourth-order valence-electron chi connectivity index (χ4n) is 2.14. The van der Waals surface area contributed by atoms with Crippen LogP contribution in [0.4, 0.5) is 0 Å². The van der Waals surface area contributed by atoms with Crippen molar-refractivity contribution in [3.8, 4) is 11.5 Å². The minimum atomic E-state index is -0.505. The molecule has 0 aliphatic carbocycles. The number of aliphatic hydroxyl groups is 1. The molecule has 0 saturated carbocycles. The van der Waals surface area contributed by atoms with Gasteiger partial charge in [0.25, 0.3) is 0 Å². The summed E-state index contributed by atoms with van der Waals surface area (Å²) in [6, 6.07) is 6.12. The molecule has 19 heavy (non-hydrogen) atoms. The van der Waals surface area contributed by atoms with E-state index in [1.807, 2.05) is 25.2 Å². The number of aliphatic hydroxyl groups excluding tert-OH is 1. The monoisotopic (exact) mass is 265 g/mol. The van der Waals surface area contributed by atoms with Crippen LogP contribution in [0.1, 0.15) is 31.9 Å². The van der Waals surface area contributed by atoms with Crippen molar-refractivity contribution in [2.24, 2.45) is 0 Å². The molecule has 0 spiro atoms. The number of likely N-dealkylation sites (N-methyl/N-ethyl adjacent to an activating group) is 1. The average Bonchev–Trinajstić information content (AvgIpc) is 2.45. The second-order valence-corrected chi connectivity index (χ2v) is 5.12. The molecule has 1 N–H and O–H groups in total. The summed E-state index contributed by atoms with van der Waals surface area (Å²) in [5, 5.41) is 10.3. The van der Waals surface area contributed by atoms with Crippen LogP contribution in [0.2, 0.25) is 0 Å². The lowest BCUT2D eigenvalue weighted by Crippen LogP contribution is -2.32. The van der Waals surface area contributed by atoms with Crippen LogP contribution in [0, 0.1) is 0 Å². The van der Waals surface area contributed by atoms with E-state index in [-0.39, 0.29) is 0 Å². The number of hydrogen-bond acceptors (Lipinski definition) is 4. The molecular formula is C15H23NO3. The standard InChI is InChI=1S/C15H23NO3/c1-4-11(2)16(3)10-13(17)12-5-6-14-15(9-12)19-8-7-18-14/h5-6,9,11,13,17H,4,7-8,10H2,1-3H3. The van der Waals surface area contributed by atoms with Crippen LogP contribution >= 0.6 is 0 Å². The lowest BCUT2D eigenvalue weighted by molar-refractivity contribution is 0.106. The molecule has 1 aliphatic heterocycles. The third-order valence-corrected chi connectivity index (χ3v) is 3.76. The van der Waals surface area contributed by atoms with Gasteiger partial charge in [-0.25, -0.2) is 0 Å². The predicted octanol–water partition coefficient (Wildman–Crippen LogP) is 2.22. The Hall–Kier alpha value is -1.26. The molecule has 0 aromatic heterocycles. The summed E-state index contributed by atoms with van der Waals surface area (Å²) in [7, 11) is 2.04. The first-order chi connectivity index (χ1) is 9.11. The fourth-order valence-corrected chi connectivity index (χ4v) is 2.14. The van der Waals surface area contributed by atoms with Gasteiger partial charge in [-0.2, -0.15) is 0 Å². The Morgan fingerprint density at radius 1 is 1.26 bits per heavy atom. The molecule has 106 valence electrons. The fraction of sp³-hybridized carbons (Fsp3) is 0.600. The third kappa shape index (κ3) is 3.39. The van der Waals surface area contributed by atoms with Crippen LogP contribution in [0.5, 0.6) is 11.5 Å². The van der Waals surface area contributed by atoms with Crippen molar-refractivity contribution >= 4 is 0 Å². The van der Waals surface area contributed by atoms with Crippen LogP contribution in [0.15, 0.2) is 18.2 Å². The molecule has 4 nitrogen and oxygen atoms in total. The Balaban J connectivity index is 2.05. The van der Waals surface area contributed by atoms with Crippen LogP contribution < -0.4 is 9.47 Å². The zero-order chi connectivity index (χ0) is 13.8. The van der Waals surface area contributed by atoms with E-state index in [1.54, 1.807) is 0 Å². The first-order valence-corrected chi connectivity index (χ1v) is 6.89. The first-order valence-electron chi connectivity index (χ1n) is 6.89. The van der Waals surface area contributed by atoms with Gasteiger partial charge in [0.15, 0.2) is 11.5 Å². The molecule has 0 radical (unpaired) electrons. The molecule has 1 heterocycles. The zero-order valence-electron chi connectivity index (χ0n) is 11.9. The summed E-state index contributed by atoms with van der Waals surface area (Å²) in [5.74, 6) is 1.49. The molecule has 1 aliphatic rings. The number of hydrogen-bond donors (Lipinski definition) is 1. The maximum atomic E-state index is 10.3. The predicted molar refractivity (Wildman–Crippen MR) is 74.8 cm³/mol. The summed E-state index contributed by atoms with van der Waals surface area (Å²) in [6.07, 6.45) is 0.569. The molecule has 2 atom stereocenters. The summed E-state index contributed by atoms with van der Waals surface area (Å²) in [5.41, 5.74) is 0.874. The van der Waals surface area contributed by atoms with Crippen LogP contribution in [0.25, 0.3) is 0 Å². The maximum absolute atomic E-state index is 10.3. The van der Waals surface area contributed by atoms with Crippen molar-refractivity contribution < 1.29 is 14.6 Å². The SMILES string of the molecule is CCC(C)N(C)CC(O)c1ccc2c(c1)OCCO2. The topological polar surface area (TPSA) is 41.9 Å². The van der Waals surface area contributed by atoms with Gasteiger partial charge in [-0.15, -0.1) is 0 Å². The summed E-state index contributed by atoms with van der Waals surface area (Å²) in [6.45, 7) is 6.09. The zero-order valence-corrected chi connectivity index (χ0v) is 11.9. The molecule has 0 amide bonds. The van der Waals surface area contributed by atoms with Gasteiger partial charge in [-0.05, 0) is 38.1 Å². The van der Waals surface area contributed by atoms with E-state index in [2.05, 4.69) is 18.7 Å². The van der Waals surface area contributed by atoms with Crippen LogP contribution in [-0.4, -0.2) is 42.9 Å². The van der Waals surface area contributed by atoms with E-state index >= 15 is 0 Å². The van der Waals surface area contributed by atoms with Gasteiger partial charge >= 0.3 is 0 Å². The van der Waals surface area contributed by atoms with Crippen molar-refractivity contribution in [1.29, 1.82) is 0 Å². The average molecular weight is 265 g/mol. The Morgan fingerprint density at radius 3 is 2.63 bits per heavy atom. The van der Waals surface area contributed by atoms with Gasteiger partial charge in [0.2, 0.25) is 0 Å². The molecular weight excluding hydrogens is 242 g/mol. The number of rotatable bonds is 5. The number of benzene rings is 1. The lowest BCUT2D eigenvalue weighted by atomic mass is 10.1. The molecule has 1 aromatic rings. The Morgan fingerprint density at radius 2 is 1.95 bits per heavy atom. The molecule has 4 heteroatoms. The highest BCUT2D eigenvalue weighted by Crippen LogP contribution is 2.32. The highest BCUT2D eigenvalue weighted by Gasteiger charge is 2.18. The minimum Gasteiger partial charge on any atom is -0.486 e. The molecule has 0 saturated heterocycles. The molecule has 2 rings (SSSR count). The normalized spacial score (nSPS) is 17.3. The van der Waals surface area contributed by atoms with Crippen molar-refractivity contribution in [2.45, 2.75) is 32.4 Å². The Kier molecular flexibility index (Phi) is 4.66. The molecule has 1 aromatic carbocycles. The van der Waals surface area contributed by atoms with E-state index in [4.69, 9.17) is 9.47 Å². The highest BCUT2D eigenvalue weighted by molar-refractivity contribution is 5.44. The highest BCUT2D eigenvalue weighted by atomic mass is 16.6. The van der Waals surface area contributed by atoms with Gasteiger partial charge in [0, 0.05) is 12.6 Å². The van der Waals surface area contributed by atoms with E-state index in [1.165, 1.54) is 0 Å². The molecule has 2 unspecified atom stereocenters. The van der Waals surface area contributed by atoms with Gasteiger partial charge < -0.3 is 19.5 Å². The smallest absolute Gasteiger partial charge is 0.161 e. The summed E-state index contributed by atoms with van der Waals surface area (Å²) in [4.78, 5) is 2.17. The van der Waals surface area contributed by atoms with E-state index in [0.29, 0.717) is 25.8 Å². The van der Waals surface area contributed by atoms with Gasteiger partial charge in [0.1, 0.15) is 13.2 Å². The Bertz CT molecular complexity index is 422. The van der Waals surface area contributed by atoms with Gasteiger partial charge in [0.05, 0.1) is 6.10 Å². The van der Waals surface area contributed by atoms with E-state index in [0.717, 1.165) is 23.5 Å². The lowest BCUT2D eigenvalue weighted by Gasteiger charge is -2.27. The van der Waals surface area contributed by atoms with Crippen molar-refractivity contribution in [3.63, 3.8) is 0 Å². The van der Waals surface area contributed by atoms with Crippen molar-refractivity contribution in [3.05, 3.63) is 23.8 Å². The minimum absolute atomic E-state index is 0.465. The van der Waals surface area contributed by atoms with Crippen molar-refractivity contribution in [1.82, 2.24) is 4.90 Å². The largest absolute Gasteiger partial charge is 0.486 e. The van der Waals surface area contributed by atoms with E-state index in [9.17, 15) is 5.11 Å². The third-order valence-electron chi connectivity index (χ3n) is 3.76. The van der Waals surface area contributed by atoms with E-state index < -0.39 is 6.10 Å². The first kappa shape index (κ1) is 14.2. The maximum Gasteiger partial charge on any atom is 0.161 e. The number of ether oxygens (including phenoxy) is 2. The second-order valence-electron chi connectivity index (χ2n) is 5.12. The summed E-state index contributed by atoms with van der Waals surface area (Å²) >= 11 is 0. The number of nitrogens with zero attached hydrogens (tertiary/aromatic N) is 1. The number of fused-ring (bicyclic) bond motifs is 1. The molecule has 0 bridgehead atoms. The Labute approximate surface area is 114 Å². The quantitative estimate of drug-likeness (QED) is 0.886. The summed E-state index contributed by atoms with van der Waals surface area (Å²) < 4.78 is 11.0.